The number of rotatable bonds is 2. The van der Waals surface area contributed by atoms with E-state index in [0.29, 0.717) is 18.5 Å². The standard InChI is InChI=1S/C17H22F3N3O/c1-9(2)15-10(3)21-14-8-13(22-23(14)16(15)24)11-4-6-12(7-5-11)17(18,19)20/h8-9,11-12,24H,4-7H2,1-3H3/t11-,12-. The van der Waals surface area contributed by atoms with E-state index < -0.39 is 12.1 Å². The van der Waals surface area contributed by atoms with Gasteiger partial charge in [-0.2, -0.15) is 22.8 Å². The van der Waals surface area contributed by atoms with Gasteiger partial charge in [0.1, 0.15) is 0 Å². The smallest absolute Gasteiger partial charge is 0.391 e. The number of aromatic hydroxyl groups is 1. The van der Waals surface area contributed by atoms with Crippen LogP contribution in [0.15, 0.2) is 6.07 Å². The number of aryl methyl sites for hydroxylation is 1. The Labute approximate surface area is 138 Å². The van der Waals surface area contributed by atoms with E-state index in [-0.39, 0.29) is 30.6 Å². The Morgan fingerprint density at radius 2 is 1.83 bits per heavy atom. The molecule has 2 aromatic rings. The zero-order valence-corrected chi connectivity index (χ0v) is 14.1. The van der Waals surface area contributed by atoms with Gasteiger partial charge in [0, 0.05) is 23.2 Å². The topological polar surface area (TPSA) is 50.4 Å². The molecule has 0 amide bonds. The molecule has 132 valence electrons. The van der Waals surface area contributed by atoms with E-state index in [4.69, 9.17) is 0 Å². The van der Waals surface area contributed by atoms with Crippen molar-refractivity contribution >= 4 is 5.65 Å². The second-order valence-electron chi connectivity index (χ2n) is 7.02. The summed E-state index contributed by atoms with van der Waals surface area (Å²) in [5, 5.41) is 14.9. The Kier molecular flexibility index (Phi) is 4.21. The van der Waals surface area contributed by atoms with Crippen molar-refractivity contribution in [2.45, 2.75) is 64.5 Å². The maximum atomic E-state index is 12.8. The van der Waals surface area contributed by atoms with Crippen LogP contribution >= 0.6 is 0 Å². The van der Waals surface area contributed by atoms with Crippen molar-refractivity contribution in [3.8, 4) is 5.88 Å². The van der Waals surface area contributed by atoms with Crippen LogP contribution in [0, 0.1) is 12.8 Å². The van der Waals surface area contributed by atoms with Gasteiger partial charge < -0.3 is 5.11 Å². The molecule has 1 saturated carbocycles. The number of alkyl halides is 3. The molecule has 1 N–H and O–H groups in total. The molecule has 7 heteroatoms. The summed E-state index contributed by atoms with van der Waals surface area (Å²) in [7, 11) is 0. The number of nitrogens with zero attached hydrogens (tertiary/aromatic N) is 3. The molecule has 3 rings (SSSR count). The second kappa shape index (κ2) is 5.93. The fourth-order valence-corrected chi connectivity index (χ4v) is 3.72. The number of hydrogen-bond acceptors (Lipinski definition) is 3. The summed E-state index contributed by atoms with van der Waals surface area (Å²) in [5.74, 6) is -1.03. The van der Waals surface area contributed by atoms with Crippen molar-refractivity contribution in [3.63, 3.8) is 0 Å². The number of hydrogen-bond donors (Lipinski definition) is 1. The van der Waals surface area contributed by atoms with Crippen molar-refractivity contribution < 1.29 is 18.3 Å². The van der Waals surface area contributed by atoms with Gasteiger partial charge in [0.25, 0.3) is 0 Å². The van der Waals surface area contributed by atoms with Crippen LogP contribution in [0.1, 0.15) is 68.3 Å². The molecular formula is C17H22F3N3O. The van der Waals surface area contributed by atoms with Gasteiger partial charge in [-0.05, 0) is 38.5 Å². The van der Waals surface area contributed by atoms with Crippen LogP contribution in [0.25, 0.3) is 5.65 Å². The molecule has 1 fully saturated rings. The molecule has 0 saturated heterocycles. The number of aromatic nitrogens is 3. The normalized spacial score (nSPS) is 22.5. The lowest BCUT2D eigenvalue weighted by Crippen LogP contribution is -2.27. The van der Waals surface area contributed by atoms with Gasteiger partial charge in [0.15, 0.2) is 5.65 Å². The molecule has 2 aromatic heterocycles. The van der Waals surface area contributed by atoms with Crippen LogP contribution < -0.4 is 0 Å². The monoisotopic (exact) mass is 341 g/mol. The quantitative estimate of drug-likeness (QED) is 0.861. The molecule has 24 heavy (non-hydrogen) atoms. The van der Waals surface area contributed by atoms with Gasteiger partial charge in [-0.3, -0.25) is 0 Å². The molecule has 0 bridgehead atoms. The highest BCUT2D eigenvalue weighted by Gasteiger charge is 2.42. The van der Waals surface area contributed by atoms with Crippen LogP contribution in [0.5, 0.6) is 5.88 Å². The van der Waals surface area contributed by atoms with E-state index in [2.05, 4.69) is 10.1 Å². The molecule has 0 aliphatic heterocycles. The van der Waals surface area contributed by atoms with Crippen LogP contribution in [-0.2, 0) is 0 Å². The summed E-state index contributed by atoms with van der Waals surface area (Å²) in [6.07, 6.45) is -2.90. The predicted molar refractivity (Wildman–Crippen MR) is 84.2 cm³/mol. The zero-order chi connectivity index (χ0) is 17.6. The molecule has 4 nitrogen and oxygen atoms in total. The lowest BCUT2D eigenvalue weighted by Gasteiger charge is -2.28. The van der Waals surface area contributed by atoms with E-state index in [1.54, 1.807) is 6.07 Å². The summed E-state index contributed by atoms with van der Waals surface area (Å²) >= 11 is 0. The highest BCUT2D eigenvalue weighted by molar-refractivity contribution is 5.48. The van der Waals surface area contributed by atoms with Crippen molar-refractivity contribution in [2.75, 3.05) is 0 Å². The van der Waals surface area contributed by atoms with E-state index in [0.717, 1.165) is 17.0 Å². The zero-order valence-electron chi connectivity index (χ0n) is 14.1. The molecular weight excluding hydrogens is 319 g/mol. The van der Waals surface area contributed by atoms with Crippen molar-refractivity contribution in [1.82, 2.24) is 14.6 Å². The Hall–Kier alpha value is -1.79. The lowest BCUT2D eigenvalue weighted by atomic mass is 9.80. The van der Waals surface area contributed by atoms with E-state index in [1.807, 2.05) is 20.8 Å². The minimum atomic E-state index is -4.10. The molecule has 0 radical (unpaired) electrons. The molecule has 2 heterocycles. The summed E-state index contributed by atoms with van der Waals surface area (Å²) < 4.78 is 39.8. The maximum Gasteiger partial charge on any atom is 0.391 e. The largest absolute Gasteiger partial charge is 0.493 e. The highest BCUT2D eigenvalue weighted by atomic mass is 19.4. The van der Waals surface area contributed by atoms with Crippen LogP contribution in [0.4, 0.5) is 13.2 Å². The molecule has 0 spiro atoms. The Bertz CT molecular complexity index is 744. The summed E-state index contributed by atoms with van der Waals surface area (Å²) in [5.41, 5.74) is 2.77. The average Bonchev–Trinajstić information content (AvgIpc) is 2.90. The summed E-state index contributed by atoms with van der Waals surface area (Å²) in [6, 6.07) is 1.79. The van der Waals surface area contributed by atoms with Gasteiger partial charge in [0.05, 0.1) is 11.6 Å². The third kappa shape index (κ3) is 2.96. The van der Waals surface area contributed by atoms with Gasteiger partial charge in [-0.15, -0.1) is 0 Å². The minimum absolute atomic E-state index is 0.00694. The first-order chi connectivity index (χ1) is 11.2. The highest BCUT2D eigenvalue weighted by Crippen LogP contribution is 2.43. The maximum absolute atomic E-state index is 12.8. The molecule has 1 aliphatic rings. The SMILES string of the molecule is Cc1nc2cc([C@H]3CC[C@H](C(F)(F)F)CC3)nn2c(O)c1C(C)C. The van der Waals surface area contributed by atoms with Gasteiger partial charge in [0.2, 0.25) is 5.88 Å². The van der Waals surface area contributed by atoms with E-state index in [1.165, 1.54) is 4.52 Å². The van der Waals surface area contributed by atoms with Crippen LogP contribution in [0.2, 0.25) is 0 Å². The minimum Gasteiger partial charge on any atom is -0.493 e. The van der Waals surface area contributed by atoms with Crippen LogP contribution in [-0.4, -0.2) is 25.9 Å². The first-order valence-corrected chi connectivity index (χ1v) is 8.34. The first-order valence-electron chi connectivity index (χ1n) is 8.34. The van der Waals surface area contributed by atoms with E-state index in [9.17, 15) is 18.3 Å². The molecule has 0 atom stereocenters. The van der Waals surface area contributed by atoms with Gasteiger partial charge in [-0.25, -0.2) is 4.98 Å². The van der Waals surface area contributed by atoms with Crippen molar-refractivity contribution in [2.24, 2.45) is 5.92 Å². The average molecular weight is 341 g/mol. The number of halogens is 3. The third-order valence-corrected chi connectivity index (χ3v) is 5.01. The van der Waals surface area contributed by atoms with Crippen molar-refractivity contribution in [1.29, 1.82) is 0 Å². The third-order valence-electron chi connectivity index (χ3n) is 5.01. The second-order valence-corrected chi connectivity index (χ2v) is 7.02. The Morgan fingerprint density at radius 1 is 1.21 bits per heavy atom. The molecule has 1 aliphatic carbocycles. The number of fused-ring (bicyclic) bond motifs is 1. The fourth-order valence-electron chi connectivity index (χ4n) is 3.72. The predicted octanol–water partition coefficient (Wildman–Crippen LogP) is 4.70. The fraction of sp³-hybridized carbons (Fsp3) is 0.647. The first kappa shape index (κ1) is 17.0. The van der Waals surface area contributed by atoms with Gasteiger partial charge in [-0.1, -0.05) is 13.8 Å². The Balaban J connectivity index is 1.89. The lowest BCUT2D eigenvalue weighted by molar-refractivity contribution is -0.182. The summed E-state index contributed by atoms with van der Waals surface area (Å²) in [6.45, 7) is 5.78. The molecule has 0 aromatic carbocycles. The van der Waals surface area contributed by atoms with E-state index >= 15 is 0 Å². The van der Waals surface area contributed by atoms with Crippen molar-refractivity contribution in [3.05, 3.63) is 23.0 Å². The summed E-state index contributed by atoms with van der Waals surface area (Å²) in [4.78, 5) is 4.49. The Morgan fingerprint density at radius 3 is 2.38 bits per heavy atom. The van der Waals surface area contributed by atoms with Crippen LogP contribution in [0.3, 0.4) is 0 Å². The molecule has 0 unspecified atom stereocenters. The van der Waals surface area contributed by atoms with Gasteiger partial charge >= 0.3 is 6.18 Å².